The summed E-state index contributed by atoms with van der Waals surface area (Å²) < 4.78 is 5.13. The third-order valence-electron chi connectivity index (χ3n) is 2.27. The summed E-state index contributed by atoms with van der Waals surface area (Å²) in [6.07, 6.45) is 1.64. The van der Waals surface area contributed by atoms with Gasteiger partial charge in [0.15, 0.2) is 0 Å². The van der Waals surface area contributed by atoms with E-state index in [4.69, 9.17) is 9.84 Å². The van der Waals surface area contributed by atoms with Crippen LogP contribution in [0.5, 0.6) is 5.75 Å². The van der Waals surface area contributed by atoms with Crippen LogP contribution in [0.15, 0.2) is 36.4 Å². The van der Waals surface area contributed by atoms with E-state index in [1.807, 2.05) is 32.9 Å². The number of carboxylic acids is 1. The molecular formula is C14H16O4. The highest BCUT2D eigenvalue weighted by molar-refractivity contribution is 5.91. The molecule has 0 saturated heterocycles. The second-order valence-corrected chi connectivity index (χ2v) is 4.84. The van der Waals surface area contributed by atoms with Gasteiger partial charge in [0, 0.05) is 17.7 Å². The van der Waals surface area contributed by atoms with E-state index in [9.17, 15) is 9.59 Å². The fourth-order valence-corrected chi connectivity index (χ4v) is 1.46. The van der Waals surface area contributed by atoms with E-state index >= 15 is 0 Å². The first-order chi connectivity index (χ1) is 8.30. The number of carbonyl (C=O) groups is 2. The van der Waals surface area contributed by atoms with Gasteiger partial charge in [0.2, 0.25) is 0 Å². The van der Waals surface area contributed by atoms with E-state index in [1.165, 1.54) is 0 Å². The summed E-state index contributed by atoms with van der Waals surface area (Å²) in [4.78, 5) is 21.7. The molecule has 4 heteroatoms. The number of aliphatic carboxylic acids is 1. The molecule has 0 radical (unpaired) electrons. The Balaban J connectivity index is 2.92. The fourth-order valence-electron chi connectivity index (χ4n) is 1.46. The minimum atomic E-state index is -1.18. The van der Waals surface area contributed by atoms with E-state index in [-0.39, 0.29) is 5.41 Å². The zero-order valence-electron chi connectivity index (χ0n) is 10.6. The molecule has 0 atom stereocenters. The monoisotopic (exact) mass is 248 g/mol. The van der Waals surface area contributed by atoms with Crippen LogP contribution >= 0.6 is 0 Å². The van der Waals surface area contributed by atoms with Gasteiger partial charge in [0.1, 0.15) is 5.75 Å². The Morgan fingerprint density at radius 1 is 1.17 bits per heavy atom. The van der Waals surface area contributed by atoms with Gasteiger partial charge in [-0.3, -0.25) is 0 Å². The van der Waals surface area contributed by atoms with Crippen molar-refractivity contribution in [1.82, 2.24) is 0 Å². The average Bonchev–Trinajstić information content (AvgIpc) is 2.25. The summed E-state index contributed by atoms with van der Waals surface area (Å²) in [7, 11) is 0. The molecular weight excluding hydrogens is 232 g/mol. The normalized spacial score (nSPS) is 11.5. The topological polar surface area (TPSA) is 63.6 Å². The lowest BCUT2D eigenvalue weighted by molar-refractivity contribution is -0.133. The molecule has 0 fully saturated rings. The second-order valence-electron chi connectivity index (χ2n) is 4.84. The van der Waals surface area contributed by atoms with Gasteiger partial charge in [-0.2, -0.15) is 0 Å². The molecule has 0 amide bonds. The molecule has 96 valence electrons. The highest BCUT2D eigenvalue weighted by Gasteiger charge is 2.19. The van der Waals surface area contributed by atoms with Gasteiger partial charge in [0.25, 0.3) is 0 Å². The molecule has 0 aliphatic carbocycles. The van der Waals surface area contributed by atoms with Gasteiger partial charge in [-0.05, 0) is 11.5 Å². The summed E-state index contributed by atoms with van der Waals surface area (Å²) in [5.74, 6) is -1.44. The van der Waals surface area contributed by atoms with Crippen LogP contribution in [0.1, 0.15) is 26.3 Å². The molecule has 0 bridgehead atoms. The zero-order valence-corrected chi connectivity index (χ0v) is 10.6. The van der Waals surface area contributed by atoms with Crippen molar-refractivity contribution in [1.29, 1.82) is 0 Å². The van der Waals surface area contributed by atoms with Gasteiger partial charge >= 0.3 is 11.9 Å². The molecule has 0 unspecified atom stereocenters. The van der Waals surface area contributed by atoms with Crippen molar-refractivity contribution in [2.45, 2.75) is 26.2 Å². The maximum absolute atomic E-state index is 11.4. The Morgan fingerprint density at radius 3 is 2.33 bits per heavy atom. The number of carbonyl (C=O) groups excluding carboxylic acids is 1. The first-order valence-corrected chi connectivity index (χ1v) is 5.53. The third kappa shape index (κ3) is 4.05. The molecule has 0 saturated carbocycles. The zero-order chi connectivity index (χ0) is 13.8. The van der Waals surface area contributed by atoms with Crippen molar-refractivity contribution >= 4 is 11.9 Å². The number of carboxylic acid groups (broad SMARTS) is 1. The Morgan fingerprint density at radius 2 is 1.78 bits per heavy atom. The summed E-state index contributed by atoms with van der Waals surface area (Å²) in [5.41, 5.74) is 0.731. The predicted octanol–water partition coefficient (Wildman–Crippen LogP) is 2.53. The highest BCUT2D eigenvalue weighted by atomic mass is 16.5. The highest BCUT2D eigenvalue weighted by Crippen LogP contribution is 2.30. The van der Waals surface area contributed by atoms with Gasteiger partial charge in [-0.25, -0.2) is 9.59 Å². The van der Waals surface area contributed by atoms with Gasteiger partial charge < -0.3 is 9.84 Å². The van der Waals surface area contributed by atoms with Crippen LogP contribution in [-0.4, -0.2) is 17.0 Å². The number of hydrogen-bond acceptors (Lipinski definition) is 3. The van der Waals surface area contributed by atoms with Crippen molar-refractivity contribution in [2.24, 2.45) is 0 Å². The van der Waals surface area contributed by atoms with Crippen LogP contribution in [0.4, 0.5) is 0 Å². The lowest BCUT2D eigenvalue weighted by Crippen LogP contribution is -2.15. The summed E-state index contributed by atoms with van der Waals surface area (Å²) >= 11 is 0. The summed E-state index contributed by atoms with van der Waals surface area (Å²) in [6, 6.07) is 7.19. The first-order valence-electron chi connectivity index (χ1n) is 5.53. The number of benzene rings is 1. The minimum absolute atomic E-state index is 0.159. The van der Waals surface area contributed by atoms with Crippen LogP contribution < -0.4 is 4.74 Å². The van der Waals surface area contributed by atoms with Crippen LogP contribution in [-0.2, 0) is 15.0 Å². The van der Waals surface area contributed by atoms with Crippen LogP contribution in [0, 0.1) is 0 Å². The molecule has 0 heterocycles. The molecule has 0 spiro atoms. The number of hydrogen-bond donors (Lipinski definition) is 1. The van der Waals surface area contributed by atoms with Crippen LogP contribution in [0.25, 0.3) is 0 Å². The Hall–Kier alpha value is -2.10. The molecule has 0 aliphatic heterocycles. The van der Waals surface area contributed by atoms with Crippen molar-refractivity contribution < 1.29 is 19.4 Å². The first kappa shape index (κ1) is 14.0. The Kier molecular flexibility index (Phi) is 4.26. The largest absolute Gasteiger partial charge is 0.478 e. The van der Waals surface area contributed by atoms with Gasteiger partial charge in [-0.15, -0.1) is 0 Å². The molecule has 1 aromatic carbocycles. The molecule has 1 rings (SSSR count). The quantitative estimate of drug-likeness (QED) is 0.507. The summed E-state index contributed by atoms with van der Waals surface area (Å²) in [6.45, 7) is 6.02. The van der Waals surface area contributed by atoms with E-state index < -0.39 is 11.9 Å². The van der Waals surface area contributed by atoms with E-state index in [1.54, 1.807) is 12.1 Å². The van der Waals surface area contributed by atoms with Crippen molar-refractivity contribution in [3.8, 4) is 5.75 Å². The maximum atomic E-state index is 11.4. The standard InChI is InChI=1S/C14H16O4/c1-14(2,3)10-6-4-5-7-11(10)18-13(17)9-8-12(15)16/h4-9H,1-3H3,(H,15,16). The van der Waals surface area contributed by atoms with E-state index in [2.05, 4.69) is 0 Å². The summed E-state index contributed by atoms with van der Waals surface area (Å²) in [5, 5.41) is 8.42. The molecule has 0 aromatic heterocycles. The fraction of sp³-hybridized carbons (Fsp3) is 0.286. The SMILES string of the molecule is CC(C)(C)c1ccccc1OC(=O)C=CC(=O)O. The number of ether oxygens (including phenoxy) is 1. The van der Waals surface area contributed by atoms with Gasteiger partial charge in [0.05, 0.1) is 0 Å². The number of esters is 1. The van der Waals surface area contributed by atoms with Crippen molar-refractivity contribution in [3.63, 3.8) is 0 Å². The Bertz CT molecular complexity index is 481. The average molecular weight is 248 g/mol. The number of rotatable bonds is 3. The van der Waals surface area contributed by atoms with Crippen LogP contribution in [0.3, 0.4) is 0 Å². The second kappa shape index (κ2) is 5.49. The molecule has 18 heavy (non-hydrogen) atoms. The minimum Gasteiger partial charge on any atom is -0.478 e. The van der Waals surface area contributed by atoms with E-state index in [0.717, 1.165) is 17.7 Å². The lowest BCUT2D eigenvalue weighted by Gasteiger charge is -2.21. The Labute approximate surface area is 106 Å². The van der Waals surface area contributed by atoms with Crippen molar-refractivity contribution in [3.05, 3.63) is 42.0 Å². The smallest absolute Gasteiger partial charge is 0.336 e. The molecule has 1 aromatic rings. The third-order valence-corrected chi connectivity index (χ3v) is 2.27. The van der Waals surface area contributed by atoms with Crippen molar-refractivity contribution in [2.75, 3.05) is 0 Å². The van der Waals surface area contributed by atoms with Crippen LogP contribution in [0.2, 0.25) is 0 Å². The lowest BCUT2D eigenvalue weighted by atomic mass is 9.86. The molecule has 0 aliphatic rings. The molecule has 4 nitrogen and oxygen atoms in total. The number of para-hydroxylation sites is 1. The maximum Gasteiger partial charge on any atom is 0.336 e. The van der Waals surface area contributed by atoms with E-state index in [0.29, 0.717) is 5.75 Å². The predicted molar refractivity (Wildman–Crippen MR) is 67.6 cm³/mol. The molecule has 1 N–H and O–H groups in total. The van der Waals surface area contributed by atoms with Gasteiger partial charge in [-0.1, -0.05) is 39.0 Å².